The number of nitrogens with zero attached hydrogens (tertiary/aromatic N) is 1. The highest BCUT2D eigenvalue weighted by atomic mass is 35.5. The molecule has 0 saturated carbocycles. The quantitative estimate of drug-likeness (QED) is 0.500. The molecule has 0 unspecified atom stereocenters. The molecule has 2 amide bonds. The Kier molecular flexibility index (Phi) is 7.19. The summed E-state index contributed by atoms with van der Waals surface area (Å²) < 4.78 is 5.08. The average molecular weight is 390 g/mol. The number of hydrogen-bond donors (Lipinski definition) is 3. The molecule has 7 nitrogen and oxygen atoms in total. The molecule has 2 aromatic rings. The molecule has 0 spiro atoms. The van der Waals surface area contributed by atoms with E-state index >= 15 is 0 Å². The third-order valence-electron chi connectivity index (χ3n) is 3.62. The van der Waals surface area contributed by atoms with Crippen LogP contribution < -0.4 is 15.5 Å². The largest absolute Gasteiger partial charge is 0.507 e. The number of ether oxygens (including phenoxy) is 1. The fourth-order valence-corrected chi connectivity index (χ4v) is 2.35. The van der Waals surface area contributed by atoms with Gasteiger partial charge in [0.25, 0.3) is 5.91 Å². The van der Waals surface area contributed by atoms with Gasteiger partial charge in [-0.15, -0.1) is 0 Å². The highest BCUT2D eigenvalue weighted by molar-refractivity contribution is 6.31. The predicted octanol–water partition coefficient (Wildman–Crippen LogP) is 2.87. The van der Waals surface area contributed by atoms with Crippen LogP contribution in [0.3, 0.4) is 0 Å². The van der Waals surface area contributed by atoms with E-state index in [2.05, 4.69) is 15.8 Å². The second-order valence-corrected chi connectivity index (χ2v) is 6.19. The molecule has 142 valence electrons. The lowest BCUT2D eigenvalue weighted by atomic mass is 10.2. The van der Waals surface area contributed by atoms with Gasteiger partial charge in [-0.1, -0.05) is 23.7 Å². The van der Waals surface area contributed by atoms with E-state index < -0.39 is 5.91 Å². The molecule has 0 saturated heterocycles. The molecule has 3 N–H and O–H groups in total. The average Bonchev–Trinajstić information content (AvgIpc) is 2.66. The van der Waals surface area contributed by atoms with Gasteiger partial charge in [0.2, 0.25) is 5.91 Å². The van der Waals surface area contributed by atoms with Crippen molar-refractivity contribution in [2.45, 2.75) is 19.9 Å². The normalized spacial score (nSPS) is 11.0. The van der Waals surface area contributed by atoms with Gasteiger partial charge >= 0.3 is 0 Å². The summed E-state index contributed by atoms with van der Waals surface area (Å²) in [5.41, 5.74) is 3.65. The summed E-state index contributed by atoms with van der Waals surface area (Å²) in [7, 11) is 1.59. The van der Waals surface area contributed by atoms with Crippen molar-refractivity contribution >= 4 is 29.1 Å². The molecule has 27 heavy (non-hydrogen) atoms. The maximum Gasteiger partial charge on any atom is 0.275 e. The van der Waals surface area contributed by atoms with E-state index in [1.807, 2.05) is 24.3 Å². The number of halogens is 1. The zero-order valence-corrected chi connectivity index (χ0v) is 15.7. The van der Waals surface area contributed by atoms with Gasteiger partial charge in [0.15, 0.2) is 0 Å². The Hall–Kier alpha value is -3.06. The van der Waals surface area contributed by atoms with Crippen LogP contribution in [0, 0.1) is 0 Å². The van der Waals surface area contributed by atoms with Crippen molar-refractivity contribution in [2.75, 3.05) is 7.11 Å². The van der Waals surface area contributed by atoms with Crippen molar-refractivity contribution < 1.29 is 19.4 Å². The molecule has 0 aliphatic carbocycles. The fraction of sp³-hybridized carbons (Fsp3) is 0.211. The number of amides is 2. The Balaban J connectivity index is 1.84. The van der Waals surface area contributed by atoms with Crippen LogP contribution in [0.25, 0.3) is 0 Å². The van der Waals surface area contributed by atoms with Crippen molar-refractivity contribution in [2.24, 2.45) is 5.10 Å². The Morgan fingerprint density at radius 2 is 1.89 bits per heavy atom. The summed E-state index contributed by atoms with van der Waals surface area (Å²) >= 11 is 5.81. The monoisotopic (exact) mass is 389 g/mol. The predicted molar refractivity (Wildman–Crippen MR) is 103 cm³/mol. The summed E-state index contributed by atoms with van der Waals surface area (Å²) in [4.78, 5) is 24.0. The van der Waals surface area contributed by atoms with Crippen molar-refractivity contribution in [1.82, 2.24) is 10.7 Å². The minimum absolute atomic E-state index is 0.00278. The summed E-state index contributed by atoms with van der Waals surface area (Å²) in [6.45, 7) is 1.99. The lowest BCUT2D eigenvalue weighted by molar-refractivity contribution is -0.120. The zero-order chi connectivity index (χ0) is 19.8. The third-order valence-corrected chi connectivity index (χ3v) is 3.85. The number of benzene rings is 2. The number of hydrazone groups is 1. The number of carbonyl (C=O) groups excluding carboxylic acids is 2. The van der Waals surface area contributed by atoms with Gasteiger partial charge in [-0.25, -0.2) is 5.43 Å². The van der Waals surface area contributed by atoms with Gasteiger partial charge in [-0.2, -0.15) is 5.10 Å². The molecule has 0 bridgehead atoms. The highest BCUT2D eigenvalue weighted by Gasteiger charge is 2.11. The van der Waals surface area contributed by atoms with Gasteiger partial charge in [0.05, 0.1) is 19.1 Å². The maximum absolute atomic E-state index is 12.0. The standard InChI is InChI=1S/C19H20ClN3O4/c1-12(22-23-19(26)16-10-14(20)5-8-17(16)24)9-18(25)21-11-13-3-6-15(27-2)7-4-13/h3-8,10,24H,9,11H2,1-2H3,(H,21,25)(H,23,26). The van der Waals surface area contributed by atoms with Gasteiger partial charge in [0.1, 0.15) is 11.5 Å². The van der Waals surface area contributed by atoms with Crippen LogP contribution in [0.2, 0.25) is 5.02 Å². The highest BCUT2D eigenvalue weighted by Crippen LogP contribution is 2.21. The zero-order valence-electron chi connectivity index (χ0n) is 15.0. The Morgan fingerprint density at radius 1 is 1.19 bits per heavy atom. The van der Waals surface area contributed by atoms with Crippen molar-refractivity contribution in [3.8, 4) is 11.5 Å². The molecule has 0 aliphatic heterocycles. The molecule has 2 rings (SSSR count). The van der Waals surface area contributed by atoms with Crippen LogP contribution in [0.1, 0.15) is 29.3 Å². The van der Waals surface area contributed by atoms with Gasteiger partial charge in [0, 0.05) is 17.3 Å². The molecule has 0 fully saturated rings. The van der Waals surface area contributed by atoms with Crippen LogP contribution in [0.15, 0.2) is 47.6 Å². The number of phenols is 1. The Labute approximate surface area is 162 Å². The van der Waals surface area contributed by atoms with E-state index in [1.165, 1.54) is 18.2 Å². The van der Waals surface area contributed by atoms with Crippen molar-refractivity contribution in [3.05, 3.63) is 58.6 Å². The van der Waals surface area contributed by atoms with E-state index in [-0.39, 0.29) is 23.6 Å². The number of nitrogens with one attached hydrogen (secondary N) is 2. The summed E-state index contributed by atoms with van der Waals surface area (Å²) in [6, 6.07) is 11.5. The van der Waals surface area contributed by atoms with E-state index in [0.717, 1.165) is 11.3 Å². The van der Waals surface area contributed by atoms with Gasteiger partial charge < -0.3 is 15.2 Å². The van der Waals surface area contributed by atoms with E-state index in [0.29, 0.717) is 17.3 Å². The number of methoxy groups -OCH3 is 1. The van der Waals surface area contributed by atoms with E-state index in [9.17, 15) is 14.7 Å². The lowest BCUT2D eigenvalue weighted by Crippen LogP contribution is -2.26. The van der Waals surface area contributed by atoms with Crippen LogP contribution in [0.4, 0.5) is 0 Å². The molecule has 0 aromatic heterocycles. The number of aromatic hydroxyl groups is 1. The van der Waals surface area contributed by atoms with Crippen molar-refractivity contribution in [1.29, 1.82) is 0 Å². The summed E-state index contributed by atoms with van der Waals surface area (Å²) in [5, 5.41) is 16.7. The number of rotatable bonds is 7. The molecule has 0 heterocycles. The third kappa shape index (κ3) is 6.31. The minimum Gasteiger partial charge on any atom is -0.507 e. The molecule has 2 aromatic carbocycles. The Morgan fingerprint density at radius 3 is 2.56 bits per heavy atom. The SMILES string of the molecule is COc1ccc(CNC(=O)CC(C)=NNC(=O)c2cc(Cl)ccc2O)cc1. The molecule has 0 atom stereocenters. The smallest absolute Gasteiger partial charge is 0.275 e. The van der Waals surface area contributed by atoms with Crippen LogP contribution in [-0.4, -0.2) is 29.7 Å². The minimum atomic E-state index is -0.618. The summed E-state index contributed by atoms with van der Waals surface area (Å²) in [5.74, 6) is -0.309. The van der Waals surface area contributed by atoms with Crippen LogP contribution >= 0.6 is 11.6 Å². The van der Waals surface area contributed by atoms with Crippen molar-refractivity contribution in [3.63, 3.8) is 0 Å². The summed E-state index contributed by atoms with van der Waals surface area (Å²) in [6.07, 6.45) is 0.0258. The lowest BCUT2D eigenvalue weighted by Gasteiger charge is -2.07. The molecular weight excluding hydrogens is 370 g/mol. The topological polar surface area (TPSA) is 100 Å². The fourth-order valence-electron chi connectivity index (χ4n) is 2.17. The number of hydrogen-bond acceptors (Lipinski definition) is 5. The number of phenolic OH excluding ortho intramolecular Hbond substituents is 1. The second kappa shape index (κ2) is 9.59. The number of carbonyl (C=O) groups is 2. The van der Waals surface area contributed by atoms with Crippen LogP contribution in [0.5, 0.6) is 11.5 Å². The second-order valence-electron chi connectivity index (χ2n) is 5.75. The first kappa shape index (κ1) is 20.3. The van der Waals surface area contributed by atoms with E-state index in [4.69, 9.17) is 16.3 Å². The molecular formula is C19H20ClN3O4. The first-order chi connectivity index (χ1) is 12.9. The van der Waals surface area contributed by atoms with E-state index in [1.54, 1.807) is 14.0 Å². The molecule has 0 aliphatic rings. The van der Waals surface area contributed by atoms with Crippen LogP contribution in [-0.2, 0) is 11.3 Å². The molecule has 8 heteroatoms. The van der Waals surface area contributed by atoms with Gasteiger partial charge in [-0.3, -0.25) is 9.59 Å². The maximum atomic E-state index is 12.0. The van der Waals surface area contributed by atoms with Gasteiger partial charge in [-0.05, 0) is 42.8 Å². The first-order valence-electron chi connectivity index (χ1n) is 8.10. The first-order valence-corrected chi connectivity index (χ1v) is 8.48. The Bertz CT molecular complexity index is 851. The molecule has 0 radical (unpaired) electrons.